The fraction of sp³-hybridized carbons (Fsp3) is 0.462. The quantitative estimate of drug-likeness (QED) is 0.705. The molecule has 80 valence electrons. The fourth-order valence-electron chi connectivity index (χ4n) is 1.89. The summed E-state index contributed by atoms with van der Waals surface area (Å²) in [6.45, 7) is 3.00. The number of benzene rings is 1. The summed E-state index contributed by atoms with van der Waals surface area (Å²) in [6, 6.07) is 7.38. The van der Waals surface area contributed by atoms with Crippen molar-refractivity contribution >= 4 is 6.29 Å². The topological polar surface area (TPSA) is 26.3 Å². The Morgan fingerprint density at radius 1 is 1.40 bits per heavy atom. The highest BCUT2D eigenvalue weighted by molar-refractivity contribution is 5.79. The normalized spacial score (nSPS) is 24.3. The van der Waals surface area contributed by atoms with Crippen LogP contribution in [0, 0.1) is 11.8 Å². The van der Waals surface area contributed by atoms with Crippen molar-refractivity contribution in [3.8, 4) is 5.75 Å². The van der Waals surface area contributed by atoms with Crippen molar-refractivity contribution in [3.05, 3.63) is 29.8 Å². The summed E-state index contributed by atoms with van der Waals surface area (Å²) in [7, 11) is 0. The van der Waals surface area contributed by atoms with Crippen LogP contribution >= 0.6 is 0 Å². The van der Waals surface area contributed by atoms with Gasteiger partial charge in [-0.05, 0) is 36.8 Å². The first-order valence-corrected chi connectivity index (χ1v) is 5.48. The molecule has 1 saturated carbocycles. The monoisotopic (exact) mass is 204 g/mol. The van der Waals surface area contributed by atoms with E-state index in [-0.39, 0.29) is 0 Å². The summed E-state index contributed by atoms with van der Waals surface area (Å²) in [5, 5.41) is 0. The third-order valence-electron chi connectivity index (χ3n) is 3.30. The molecule has 2 rings (SSSR count). The third-order valence-corrected chi connectivity index (χ3v) is 3.30. The molecule has 0 aromatic heterocycles. The van der Waals surface area contributed by atoms with Crippen LogP contribution in [-0.2, 0) is 0 Å². The van der Waals surface area contributed by atoms with E-state index in [9.17, 15) is 4.79 Å². The van der Waals surface area contributed by atoms with Crippen molar-refractivity contribution in [2.24, 2.45) is 11.8 Å². The Balaban J connectivity index is 1.95. The molecule has 2 heteroatoms. The number of carbonyl (C=O) groups is 1. The molecule has 0 amide bonds. The fourth-order valence-corrected chi connectivity index (χ4v) is 1.89. The van der Waals surface area contributed by atoms with E-state index in [0.29, 0.717) is 17.2 Å². The largest absolute Gasteiger partial charge is 0.493 e. The van der Waals surface area contributed by atoms with E-state index >= 15 is 0 Å². The molecule has 0 N–H and O–H groups in total. The van der Waals surface area contributed by atoms with E-state index in [1.54, 1.807) is 6.07 Å². The first kappa shape index (κ1) is 10.2. The second kappa shape index (κ2) is 4.47. The molecule has 1 fully saturated rings. The van der Waals surface area contributed by atoms with E-state index < -0.39 is 0 Å². The summed E-state index contributed by atoms with van der Waals surface area (Å²) in [5.41, 5.74) is 0.643. The van der Waals surface area contributed by atoms with Gasteiger partial charge in [-0.1, -0.05) is 19.1 Å². The Kier molecular flexibility index (Phi) is 3.05. The van der Waals surface area contributed by atoms with Crippen LogP contribution in [-0.4, -0.2) is 12.9 Å². The van der Waals surface area contributed by atoms with Crippen LogP contribution in [0.1, 0.15) is 30.1 Å². The molecule has 1 aliphatic carbocycles. The SMILES string of the molecule is C[C@@H]1CC[C@H]1COc1ccccc1C=O. The van der Waals surface area contributed by atoms with E-state index in [1.165, 1.54) is 12.8 Å². The zero-order chi connectivity index (χ0) is 10.7. The molecular formula is C13H16O2. The van der Waals surface area contributed by atoms with Crippen LogP contribution in [0.15, 0.2) is 24.3 Å². The molecule has 2 nitrogen and oxygen atoms in total. The molecule has 0 unspecified atom stereocenters. The zero-order valence-electron chi connectivity index (χ0n) is 8.98. The number of aldehydes is 1. The molecule has 0 spiro atoms. The lowest BCUT2D eigenvalue weighted by molar-refractivity contribution is 0.108. The van der Waals surface area contributed by atoms with E-state index in [2.05, 4.69) is 6.92 Å². The van der Waals surface area contributed by atoms with Crippen molar-refractivity contribution < 1.29 is 9.53 Å². The zero-order valence-corrected chi connectivity index (χ0v) is 8.98. The lowest BCUT2D eigenvalue weighted by atomic mass is 9.75. The molecule has 0 heterocycles. The molecule has 1 aromatic carbocycles. The lowest BCUT2D eigenvalue weighted by Gasteiger charge is -2.33. The maximum absolute atomic E-state index is 10.7. The number of carbonyl (C=O) groups excluding carboxylic acids is 1. The van der Waals surface area contributed by atoms with Crippen LogP contribution in [0.4, 0.5) is 0 Å². The molecule has 0 bridgehead atoms. The third kappa shape index (κ3) is 2.20. The minimum Gasteiger partial charge on any atom is -0.493 e. The minimum atomic E-state index is 0.643. The highest BCUT2D eigenvalue weighted by Gasteiger charge is 2.27. The Bertz CT molecular complexity index is 346. The summed E-state index contributed by atoms with van der Waals surface area (Å²) >= 11 is 0. The van der Waals surface area contributed by atoms with Crippen molar-refractivity contribution in [2.75, 3.05) is 6.61 Å². The van der Waals surface area contributed by atoms with Gasteiger partial charge >= 0.3 is 0 Å². The number of ether oxygens (including phenoxy) is 1. The molecule has 15 heavy (non-hydrogen) atoms. The molecule has 0 radical (unpaired) electrons. The van der Waals surface area contributed by atoms with Crippen molar-refractivity contribution in [3.63, 3.8) is 0 Å². The molecule has 1 aliphatic rings. The van der Waals surface area contributed by atoms with Crippen LogP contribution < -0.4 is 4.74 Å². The van der Waals surface area contributed by atoms with E-state index in [4.69, 9.17) is 4.74 Å². The number of hydrogen-bond acceptors (Lipinski definition) is 2. The van der Waals surface area contributed by atoms with Crippen molar-refractivity contribution in [1.82, 2.24) is 0 Å². The standard InChI is InChI=1S/C13H16O2/c1-10-6-7-12(10)9-15-13-5-3-2-4-11(13)8-14/h2-5,8,10,12H,6-7,9H2,1H3/t10-,12+/m1/s1. The number of rotatable bonds is 4. The van der Waals surface area contributed by atoms with Crippen LogP contribution in [0.2, 0.25) is 0 Å². The summed E-state index contributed by atoms with van der Waals surface area (Å²) in [5.74, 6) is 2.16. The predicted molar refractivity (Wildman–Crippen MR) is 59.2 cm³/mol. The average Bonchev–Trinajstić information content (AvgIpc) is 2.28. The Hall–Kier alpha value is -1.31. The van der Waals surface area contributed by atoms with Crippen LogP contribution in [0.3, 0.4) is 0 Å². The number of hydrogen-bond donors (Lipinski definition) is 0. The highest BCUT2D eigenvalue weighted by Crippen LogP contribution is 2.34. The smallest absolute Gasteiger partial charge is 0.153 e. The first-order valence-electron chi connectivity index (χ1n) is 5.48. The van der Waals surface area contributed by atoms with Gasteiger partial charge in [0.25, 0.3) is 0 Å². The van der Waals surface area contributed by atoms with Gasteiger partial charge in [-0.15, -0.1) is 0 Å². The van der Waals surface area contributed by atoms with Crippen molar-refractivity contribution in [2.45, 2.75) is 19.8 Å². The Morgan fingerprint density at radius 3 is 2.80 bits per heavy atom. The van der Waals surface area contributed by atoms with E-state index in [1.807, 2.05) is 18.2 Å². The lowest BCUT2D eigenvalue weighted by Crippen LogP contribution is -2.28. The Labute approximate surface area is 90.3 Å². The van der Waals surface area contributed by atoms with Crippen LogP contribution in [0.25, 0.3) is 0 Å². The Morgan fingerprint density at radius 2 is 2.20 bits per heavy atom. The van der Waals surface area contributed by atoms with Gasteiger partial charge in [0, 0.05) is 0 Å². The molecule has 0 saturated heterocycles. The van der Waals surface area contributed by atoms with Gasteiger partial charge in [-0.3, -0.25) is 4.79 Å². The molecule has 1 aromatic rings. The molecule has 2 atom stereocenters. The minimum absolute atomic E-state index is 0.643. The summed E-state index contributed by atoms with van der Waals surface area (Å²) in [6.07, 6.45) is 3.41. The van der Waals surface area contributed by atoms with Gasteiger partial charge in [0.2, 0.25) is 0 Å². The second-order valence-corrected chi connectivity index (χ2v) is 4.28. The highest BCUT2D eigenvalue weighted by atomic mass is 16.5. The first-order chi connectivity index (χ1) is 7.31. The van der Waals surface area contributed by atoms with Crippen molar-refractivity contribution in [1.29, 1.82) is 0 Å². The van der Waals surface area contributed by atoms with E-state index in [0.717, 1.165) is 18.8 Å². The molecule has 0 aliphatic heterocycles. The summed E-state index contributed by atoms with van der Waals surface area (Å²) in [4.78, 5) is 10.7. The van der Waals surface area contributed by atoms with Gasteiger partial charge in [0.05, 0.1) is 12.2 Å². The molecular weight excluding hydrogens is 188 g/mol. The summed E-state index contributed by atoms with van der Waals surface area (Å²) < 4.78 is 5.67. The number of para-hydroxylation sites is 1. The van der Waals surface area contributed by atoms with Crippen LogP contribution in [0.5, 0.6) is 5.75 Å². The maximum atomic E-state index is 10.7. The maximum Gasteiger partial charge on any atom is 0.153 e. The van der Waals surface area contributed by atoms with Gasteiger partial charge in [-0.2, -0.15) is 0 Å². The second-order valence-electron chi connectivity index (χ2n) is 4.28. The van der Waals surface area contributed by atoms with Gasteiger partial charge in [0.1, 0.15) is 5.75 Å². The average molecular weight is 204 g/mol. The predicted octanol–water partition coefficient (Wildman–Crippen LogP) is 2.92. The van der Waals surface area contributed by atoms with Gasteiger partial charge in [0.15, 0.2) is 6.29 Å². The van der Waals surface area contributed by atoms with Gasteiger partial charge in [-0.25, -0.2) is 0 Å². The van der Waals surface area contributed by atoms with Gasteiger partial charge < -0.3 is 4.74 Å².